The molecule has 0 amide bonds. The SMILES string of the molecule is C1CCCCCCCOOOOCCCCCC1.O=P([O-])([O-])OCC(O)CCl.[Na+].[Na+]. The van der Waals surface area contributed by atoms with Gasteiger partial charge in [0, 0.05) is 0 Å². The van der Waals surface area contributed by atoms with Crippen LogP contribution < -0.4 is 68.9 Å². The van der Waals surface area contributed by atoms with Gasteiger partial charge in [-0.15, -0.1) is 11.6 Å². The molecule has 1 fully saturated rings. The van der Waals surface area contributed by atoms with Crippen molar-refractivity contribution in [1.82, 2.24) is 0 Å². The van der Waals surface area contributed by atoms with Crippen LogP contribution in [0.25, 0.3) is 0 Å². The molecule has 1 atom stereocenters. The van der Waals surface area contributed by atoms with E-state index < -0.39 is 20.5 Å². The van der Waals surface area contributed by atoms with Crippen LogP contribution in [0.1, 0.15) is 77.0 Å². The first-order valence-corrected chi connectivity index (χ1v) is 11.9. The summed E-state index contributed by atoms with van der Waals surface area (Å²) >= 11 is 5.06. The first-order chi connectivity index (χ1) is 13.5. The summed E-state index contributed by atoms with van der Waals surface area (Å²) in [6.45, 7) is 0.570. The Balaban J connectivity index is -0.000000526. The average molecular weight is 495 g/mol. The van der Waals surface area contributed by atoms with E-state index in [1.54, 1.807) is 0 Å². The van der Waals surface area contributed by atoms with E-state index in [4.69, 9.17) is 26.5 Å². The number of aliphatic hydroxyl groups excluding tert-OH is 1. The molecule has 13 heteroatoms. The topological polar surface area (TPSA) is 130 Å². The van der Waals surface area contributed by atoms with E-state index in [-0.39, 0.29) is 65.0 Å². The summed E-state index contributed by atoms with van der Waals surface area (Å²) < 4.78 is 13.4. The monoisotopic (exact) mass is 494 g/mol. The van der Waals surface area contributed by atoms with Gasteiger partial charge >= 0.3 is 59.1 Å². The zero-order valence-electron chi connectivity index (χ0n) is 18.4. The molecule has 1 heterocycles. The van der Waals surface area contributed by atoms with Crippen molar-refractivity contribution in [2.75, 3.05) is 25.7 Å². The van der Waals surface area contributed by atoms with E-state index in [2.05, 4.69) is 14.6 Å². The van der Waals surface area contributed by atoms with Gasteiger partial charge in [0.05, 0.1) is 39.6 Å². The van der Waals surface area contributed by atoms with Crippen LogP contribution in [0.2, 0.25) is 0 Å². The number of phosphoric acid groups is 1. The van der Waals surface area contributed by atoms with Crippen LogP contribution in [0.4, 0.5) is 0 Å². The molecule has 9 nitrogen and oxygen atoms in total. The summed E-state index contributed by atoms with van der Waals surface area (Å²) in [4.78, 5) is 29.2. The second-order valence-electron chi connectivity index (χ2n) is 6.57. The van der Waals surface area contributed by atoms with Gasteiger partial charge in [0.25, 0.3) is 0 Å². The van der Waals surface area contributed by atoms with Gasteiger partial charge in [0.2, 0.25) is 0 Å². The standard InChI is InChI=1S/C14H28O4.C3H8ClO5P.2Na/c1-2-4-6-8-10-12-14-16-18-17-15-13-11-9-7-5-3-1;4-1-3(5)2-9-10(6,7)8;;/h1-14H2;3,5H,1-2H2,(H2,6,7,8);;/q;;2*+1/p-2. The third kappa shape index (κ3) is 32.4. The number of alkyl halides is 1. The molecule has 1 saturated heterocycles. The molecule has 1 aliphatic rings. The first-order valence-electron chi connectivity index (χ1n) is 9.94. The normalized spacial score (nSPS) is 19.5. The van der Waals surface area contributed by atoms with E-state index >= 15 is 0 Å². The second kappa shape index (κ2) is 27.4. The molecule has 1 unspecified atom stereocenters. The van der Waals surface area contributed by atoms with E-state index in [9.17, 15) is 14.4 Å². The van der Waals surface area contributed by atoms with Crippen LogP contribution in [-0.4, -0.2) is 36.9 Å². The summed E-state index contributed by atoms with van der Waals surface area (Å²) in [5, 5.41) is 17.5. The molecule has 170 valence electrons. The molecule has 0 aromatic rings. The summed E-state index contributed by atoms with van der Waals surface area (Å²) in [7, 11) is -4.95. The Hall–Kier alpha value is 2.20. The summed E-state index contributed by atoms with van der Waals surface area (Å²) in [5.74, 6) is -0.167. The van der Waals surface area contributed by atoms with E-state index in [1.165, 1.54) is 64.2 Å². The Kier molecular flexibility index (Phi) is 33.6. The first kappa shape index (κ1) is 36.8. The van der Waals surface area contributed by atoms with Gasteiger partial charge in [-0.05, 0) is 22.9 Å². The number of phosphoric ester groups is 1. The molecule has 30 heavy (non-hydrogen) atoms. The van der Waals surface area contributed by atoms with Crippen LogP contribution in [-0.2, 0) is 28.9 Å². The van der Waals surface area contributed by atoms with Gasteiger partial charge in [-0.25, -0.2) is 9.78 Å². The molecule has 1 aliphatic heterocycles. The maximum Gasteiger partial charge on any atom is 1.00 e. The number of hydrogen-bond donors (Lipinski definition) is 1. The van der Waals surface area contributed by atoms with Crippen molar-refractivity contribution in [1.29, 1.82) is 0 Å². The van der Waals surface area contributed by atoms with Crippen LogP contribution in [0.15, 0.2) is 0 Å². The fourth-order valence-corrected chi connectivity index (χ4v) is 2.86. The van der Waals surface area contributed by atoms with Gasteiger partial charge in [0.1, 0.15) is 0 Å². The molecule has 0 bridgehead atoms. The Morgan fingerprint density at radius 3 is 1.43 bits per heavy atom. The molecular weight excluding hydrogens is 461 g/mol. The minimum atomic E-state index is -4.95. The molecule has 0 aromatic carbocycles. The van der Waals surface area contributed by atoms with Crippen molar-refractivity contribution in [3.63, 3.8) is 0 Å². The molecule has 0 saturated carbocycles. The van der Waals surface area contributed by atoms with E-state index in [1.807, 2.05) is 0 Å². The molecule has 0 radical (unpaired) electrons. The third-order valence-corrected chi connectivity index (χ3v) is 4.75. The summed E-state index contributed by atoms with van der Waals surface area (Å²) in [6, 6.07) is 0. The summed E-state index contributed by atoms with van der Waals surface area (Å²) in [5.41, 5.74) is 0. The number of aliphatic hydroxyl groups is 1. The van der Waals surface area contributed by atoms with Gasteiger partial charge in [-0.1, -0.05) is 64.2 Å². The van der Waals surface area contributed by atoms with Gasteiger partial charge < -0.3 is 24.0 Å². The fourth-order valence-electron chi connectivity index (χ4n) is 2.42. The van der Waals surface area contributed by atoms with Crippen molar-refractivity contribution < 1.29 is 103 Å². The van der Waals surface area contributed by atoms with Crippen molar-refractivity contribution in [2.45, 2.75) is 83.2 Å². The van der Waals surface area contributed by atoms with Gasteiger partial charge in [-0.3, -0.25) is 0 Å². The Labute approximate surface area is 229 Å². The fraction of sp³-hybridized carbons (Fsp3) is 1.00. The van der Waals surface area contributed by atoms with Crippen LogP contribution in [0, 0.1) is 0 Å². The van der Waals surface area contributed by atoms with Gasteiger partial charge in [0.15, 0.2) is 0 Å². The van der Waals surface area contributed by atoms with E-state index in [0.717, 1.165) is 12.8 Å². The number of hydrogen-bond acceptors (Lipinski definition) is 9. The molecule has 1 N–H and O–H groups in total. The smallest absolute Gasteiger partial charge is 0.790 e. The Morgan fingerprint density at radius 1 is 0.800 bits per heavy atom. The Bertz CT molecular complexity index is 306. The number of halogens is 1. The van der Waals surface area contributed by atoms with E-state index in [0.29, 0.717) is 13.2 Å². The van der Waals surface area contributed by atoms with Crippen molar-refractivity contribution in [3.8, 4) is 0 Å². The minimum absolute atomic E-state index is 0. The Morgan fingerprint density at radius 2 is 1.13 bits per heavy atom. The van der Waals surface area contributed by atoms with Crippen LogP contribution >= 0.6 is 19.4 Å². The molecule has 0 aromatic heterocycles. The zero-order chi connectivity index (χ0) is 20.9. The number of rotatable bonds is 4. The zero-order valence-corrected chi connectivity index (χ0v) is 24.1. The maximum atomic E-state index is 9.75. The molecule has 0 spiro atoms. The van der Waals surface area contributed by atoms with Crippen molar-refractivity contribution in [3.05, 3.63) is 0 Å². The predicted octanol–water partition coefficient (Wildman–Crippen LogP) is -3.07. The van der Waals surface area contributed by atoms with Crippen molar-refractivity contribution >= 4 is 19.4 Å². The largest absolute Gasteiger partial charge is 1.00 e. The molecule has 1 rings (SSSR count). The van der Waals surface area contributed by atoms with Crippen molar-refractivity contribution in [2.24, 2.45) is 0 Å². The molecule has 0 aliphatic carbocycles. The average Bonchev–Trinajstić information content (AvgIpc) is 2.66. The quantitative estimate of drug-likeness (QED) is 0.187. The predicted molar refractivity (Wildman–Crippen MR) is 99.8 cm³/mol. The van der Waals surface area contributed by atoms with Crippen LogP contribution in [0.5, 0.6) is 0 Å². The molecular formula is C17H34ClNa2O9P. The minimum Gasteiger partial charge on any atom is -0.790 e. The second-order valence-corrected chi connectivity index (χ2v) is 8.04. The summed E-state index contributed by atoms with van der Waals surface area (Å²) in [6.07, 6.45) is 14.2. The third-order valence-electron chi connectivity index (χ3n) is 3.93. The maximum absolute atomic E-state index is 9.75. The van der Waals surface area contributed by atoms with Crippen LogP contribution in [0.3, 0.4) is 0 Å². The van der Waals surface area contributed by atoms with Gasteiger partial charge in [-0.2, -0.15) is 0 Å².